The van der Waals surface area contributed by atoms with Crippen LogP contribution in [-0.2, 0) is 6.54 Å². The summed E-state index contributed by atoms with van der Waals surface area (Å²) in [7, 11) is 0. The molecule has 8 heteroatoms. The lowest BCUT2D eigenvalue weighted by Crippen LogP contribution is -2.38. The zero-order valence-corrected chi connectivity index (χ0v) is 10.0. The Morgan fingerprint density at radius 1 is 1.53 bits per heavy atom. The van der Waals surface area contributed by atoms with Gasteiger partial charge in [-0.15, -0.1) is 0 Å². The highest BCUT2D eigenvalue weighted by Gasteiger charge is 2.42. The Bertz CT molecular complexity index is 438. The predicted molar refractivity (Wildman–Crippen MR) is 58.2 cm³/mol. The summed E-state index contributed by atoms with van der Waals surface area (Å²) in [5.74, 6) is -2.97. The van der Waals surface area contributed by atoms with Gasteiger partial charge in [-0.3, -0.25) is 10.1 Å². The average Bonchev–Trinajstić information content (AvgIpc) is 2.40. The van der Waals surface area contributed by atoms with Gasteiger partial charge in [0.2, 0.25) is 0 Å². The minimum Gasteiger partial charge on any atom is -0.387 e. The molecular formula is C9H12ClF3N4. The molecule has 1 aromatic rings. The monoisotopic (exact) mass is 268 g/mol. The third kappa shape index (κ3) is 2.91. The number of nitrogens with one attached hydrogen (secondary N) is 1. The molecule has 96 valence electrons. The van der Waals surface area contributed by atoms with Crippen molar-refractivity contribution in [3.05, 3.63) is 16.4 Å². The molecule has 0 aliphatic carbocycles. The van der Waals surface area contributed by atoms with Crippen LogP contribution in [0.2, 0.25) is 5.02 Å². The largest absolute Gasteiger partial charge is 0.400 e. The number of amidine groups is 1. The number of alkyl halides is 3. The topological polar surface area (TPSA) is 67.7 Å². The van der Waals surface area contributed by atoms with Crippen LogP contribution in [0, 0.1) is 25.2 Å². The summed E-state index contributed by atoms with van der Waals surface area (Å²) in [5, 5.41) is 11.2. The molecule has 0 bridgehead atoms. The Morgan fingerprint density at radius 3 is 2.35 bits per heavy atom. The summed E-state index contributed by atoms with van der Waals surface area (Å²) in [6.07, 6.45) is -4.56. The predicted octanol–water partition coefficient (Wildman–Crippen LogP) is 2.27. The third-order valence-corrected chi connectivity index (χ3v) is 2.97. The lowest BCUT2D eigenvalue weighted by molar-refractivity contribution is -0.159. The fourth-order valence-electron chi connectivity index (χ4n) is 1.40. The molecule has 0 spiro atoms. The second kappa shape index (κ2) is 4.56. The summed E-state index contributed by atoms with van der Waals surface area (Å²) in [6, 6.07) is 0. The van der Waals surface area contributed by atoms with E-state index in [2.05, 4.69) is 5.10 Å². The van der Waals surface area contributed by atoms with Crippen LogP contribution in [-0.4, -0.2) is 21.8 Å². The zero-order chi connectivity index (χ0) is 13.4. The van der Waals surface area contributed by atoms with E-state index in [0.717, 1.165) is 4.68 Å². The normalized spacial score (nSPS) is 13.8. The number of nitrogens with two attached hydrogens (primary N) is 1. The highest BCUT2D eigenvalue weighted by molar-refractivity contribution is 6.31. The maximum atomic E-state index is 12.6. The maximum absolute atomic E-state index is 12.6. The van der Waals surface area contributed by atoms with Gasteiger partial charge in [-0.2, -0.15) is 18.3 Å². The van der Waals surface area contributed by atoms with Crippen LogP contribution in [0.5, 0.6) is 0 Å². The molecule has 0 aliphatic heterocycles. The van der Waals surface area contributed by atoms with E-state index in [1.165, 1.54) is 0 Å². The Hall–Kier alpha value is -1.24. The van der Waals surface area contributed by atoms with Gasteiger partial charge in [0.1, 0.15) is 11.8 Å². The van der Waals surface area contributed by atoms with Crippen molar-refractivity contribution in [3.63, 3.8) is 0 Å². The van der Waals surface area contributed by atoms with Crippen molar-refractivity contribution < 1.29 is 13.2 Å². The van der Waals surface area contributed by atoms with Gasteiger partial charge in [0, 0.05) is 0 Å². The SMILES string of the molecule is Cc1nn(CC(C(=N)N)C(F)(F)F)c(C)c1Cl. The number of hydrogen-bond acceptors (Lipinski definition) is 2. The minimum atomic E-state index is -4.56. The van der Waals surface area contributed by atoms with Gasteiger partial charge in [0.15, 0.2) is 0 Å². The number of halogens is 4. The molecule has 0 amide bonds. The first-order chi connectivity index (χ1) is 7.64. The van der Waals surface area contributed by atoms with Crippen molar-refractivity contribution in [2.75, 3.05) is 0 Å². The first-order valence-electron chi connectivity index (χ1n) is 4.74. The molecule has 4 nitrogen and oxygen atoms in total. The lowest BCUT2D eigenvalue weighted by atomic mass is 10.1. The van der Waals surface area contributed by atoms with Gasteiger partial charge in [0.05, 0.1) is 23.0 Å². The van der Waals surface area contributed by atoms with Crippen molar-refractivity contribution >= 4 is 17.4 Å². The van der Waals surface area contributed by atoms with Crippen LogP contribution in [0.4, 0.5) is 13.2 Å². The molecule has 0 aromatic carbocycles. The van der Waals surface area contributed by atoms with E-state index in [1.54, 1.807) is 13.8 Å². The highest BCUT2D eigenvalue weighted by Crippen LogP contribution is 2.29. The molecule has 3 N–H and O–H groups in total. The van der Waals surface area contributed by atoms with Gasteiger partial charge >= 0.3 is 6.18 Å². The standard InChI is InChI=1S/C9H12ClF3N4/c1-4-7(10)5(2)17(16-4)3-6(8(14)15)9(11,12)13/h6H,3H2,1-2H3,(H3,14,15). The first kappa shape index (κ1) is 13.8. The number of nitrogens with zero attached hydrogens (tertiary/aromatic N) is 2. The van der Waals surface area contributed by atoms with Gasteiger partial charge in [-0.1, -0.05) is 11.6 Å². The molecule has 0 saturated carbocycles. The van der Waals surface area contributed by atoms with E-state index in [-0.39, 0.29) is 0 Å². The van der Waals surface area contributed by atoms with Gasteiger partial charge in [0.25, 0.3) is 0 Å². The summed E-state index contributed by atoms with van der Waals surface area (Å²) >= 11 is 5.83. The molecule has 0 saturated heterocycles. The Balaban J connectivity index is 3.03. The van der Waals surface area contributed by atoms with Crippen LogP contribution < -0.4 is 5.73 Å². The molecule has 1 rings (SSSR count). The molecule has 0 aliphatic rings. The maximum Gasteiger partial charge on any atom is 0.400 e. The summed E-state index contributed by atoms with van der Waals surface area (Å²) in [5.41, 5.74) is 5.84. The molecule has 0 fully saturated rings. The van der Waals surface area contributed by atoms with E-state index < -0.39 is 24.5 Å². The second-order valence-electron chi connectivity index (χ2n) is 3.72. The highest BCUT2D eigenvalue weighted by atomic mass is 35.5. The summed E-state index contributed by atoms with van der Waals surface area (Å²) in [4.78, 5) is 0. The average molecular weight is 269 g/mol. The lowest BCUT2D eigenvalue weighted by Gasteiger charge is -2.19. The number of rotatable bonds is 3. The zero-order valence-electron chi connectivity index (χ0n) is 9.27. The van der Waals surface area contributed by atoms with E-state index in [1.807, 2.05) is 0 Å². The summed E-state index contributed by atoms with van der Waals surface area (Å²) < 4.78 is 38.9. The fourth-order valence-corrected chi connectivity index (χ4v) is 1.54. The molecule has 0 radical (unpaired) electrons. The first-order valence-corrected chi connectivity index (χ1v) is 5.12. The van der Waals surface area contributed by atoms with Gasteiger partial charge in [-0.25, -0.2) is 0 Å². The second-order valence-corrected chi connectivity index (χ2v) is 4.09. The van der Waals surface area contributed by atoms with E-state index >= 15 is 0 Å². The van der Waals surface area contributed by atoms with E-state index in [4.69, 9.17) is 22.7 Å². The van der Waals surface area contributed by atoms with Crippen molar-refractivity contribution in [1.82, 2.24) is 9.78 Å². The molecule has 1 unspecified atom stereocenters. The third-order valence-electron chi connectivity index (χ3n) is 2.42. The van der Waals surface area contributed by atoms with Crippen LogP contribution in [0.3, 0.4) is 0 Å². The Morgan fingerprint density at radius 2 is 2.06 bits per heavy atom. The van der Waals surface area contributed by atoms with Crippen molar-refractivity contribution in [2.45, 2.75) is 26.6 Å². The van der Waals surface area contributed by atoms with Gasteiger partial charge < -0.3 is 5.73 Å². The quantitative estimate of drug-likeness (QED) is 0.652. The van der Waals surface area contributed by atoms with Crippen molar-refractivity contribution in [2.24, 2.45) is 11.7 Å². The molecule has 1 heterocycles. The number of aryl methyl sites for hydroxylation is 1. The fraction of sp³-hybridized carbons (Fsp3) is 0.556. The van der Waals surface area contributed by atoms with Gasteiger partial charge in [-0.05, 0) is 13.8 Å². The smallest absolute Gasteiger partial charge is 0.387 e. The number of hydrogen-bond donors (Lipinski definition) is 2. The van der Waals surface area contributed by atoms with E-state index in [0.29, 0.717) is 16.4 Å². The minimum absolute atomic E-state index is 0.328. The molecule has 17 heavy (non-hydrogen) atoms. The Labute approximate surface area is 101 Å². The Kier molecular flexibility index (Phi) is 3.71. The number of aromatic nitrogens is 2. The van der Waals surface area contributed by atoms with E-state index in [9.17, 15) is 13.2 Å². The molecular weight excluding hydrogens is 257 g/mol. The van der Waals surface area contributed by atoms with Crippen molar-refractivity contribution in [3.8, 4) is 0 Å². The molecule has 1 aromatic heterocycles. The summed E-state index contributed by atoms with van der Waals surface area (Å²) in [6.45, 7) is 2.64. The van der Waals surface area contributed by atoms with Crippen LogP contribution >= 0.6 is 11.6 Å². The van der Waals surface area contributed by atoms with Crippen LogP contribution in [0.25, 0.3) is 0 Å². The molecule has 1 atom stereocenters. The van der Waals surface area contributed by atoms with Crippen LogP contribution in [0.1, 0.15) is 11.4 Å². The van der Waals surface area contributed by atoms with Crippen LogP contribution in [0.15, 0.2) is 0 Å². The van der Waals surface area contributed by atoms with Crippen molar-refractivity contribution in [1.29, 1.82) is 5.41 Å².